The molecular weight excluding hydrogens is 210 g/mol. The van der Waals surface area contributed by atoms with Crippen molar-refractivity contribution in [3.05, 3.63) is 48.0 Å². The van der Waals surface area contributed by atoms with Gasteiger partial charge in [-0.05, 0) is 29.5 Å². The zero-order valence-corrected chi connectivity index (χ0v) is 10.4. The Labute approximate surface area is 102 Å². The smallest absolute Gasteiger partial charge is 0.0991 e. The molecule has 2 rings (SSSR count). The van der Waals surface area contributed by atoms with Gasteiger partial charge in [0, 0.05) is 18.9 Å². The number of benzene rings is 1. The summed E-state index contributed by atoms with van der Waals surface area (Å²) in [6, 6.07) is 6.51. The molecule has 0 amide bonds. The van der Waals surface area contributed by atoms with Gasteiger partial charge < -0.3 is 10.3 Å². The Morgan fingerprint density at radius 2 is 2.18 bits per heavy atom. The van der Waals surface area contributed by atoms with E-state index in [9.17, 15) is 0 Å². The quantitative estimate of drug-likeness (QED) is 0.875. The largest absolute Gasteiger partial charge is 0.326 e. The zero-order chi connectivity index (χ0) is 12.3. The minimum absolute atomic E-state index is 0.555. The highest BCUT2D eigenvalue weighted by Gasteiger charge is 2.05. The summed E-state index contributed by atoms with van der Waals surface area (Å²) in [7, 11) is 0. The molecular formula is C14H19N3. The molecule has 2 aromatic rings. The maximum Gasteiger partial charge on any atom is 0.0991 e. The van der Waals surface area contributed by atoms with Crippen LogP contribution in [0.1, 0.15) is 25.0 Å². The highest BCUT2D eigenvalue weighted by Crippen LogP contribution is 2.18. The number of hydrogen-bond acceptors (Lipinski definition) is 2. The summed E-state index contributed by atoms with van der Waals surface area (Å²) in [5.41, 5.74) is 9.46. The highest BCUT2D eigenvalue weighted by molar-refractivity contribution is 5.43. The molecule has 3 nitrogen and oxygen atoms in total. The van der Waals surface area contributed by atoms with Gasteiger partial charge in [0.2, 0.25) is 0 Å². The van der Waals surface area contributed by atoms with Crippen molar-refractivity contribution < 1.29 is 0 Å². The summed E-state index contributed by atoms with van der Waals surface area (Å²) < 4.78 is 2.00. The molecule has 0 atom stereocenters. The van der Waals surface area contributed by atoms with Crippen molar-refractivity contribution in [2.45, 2.75) is 26.8 Å². The van der Waals surface area contributed by atoms with Gasteiger partial charge in [-0.2, -0.15) is 0 Å². The van der Waals surface area contributed by atoms with Crippen LogP contribution in [0, 0.1) is 5.92 Å². The minimum Gasteiger partial charge on any atom is -0.326 e. The van der Waals surface area contributed by atoms with Crippen molar-refractivity contribution in [1.82, 2.24) is 9.55 Å². The maximum absolute atomic E-state index is 5.82. The predicted octanol–water partition coefficient (Wildman–Crippen LogP) is 2.53. The summed E-state index contributed by atoms with van der Waals surface area (Å²) in [5, 5.41) is 0. The van der Waals surface area contributed by atoms with Gasteiger partial charge in [0.15, 0.2) is 0 Å². The molecule has 3 heteroatoms. The van der Waals surface area contributed by atoms with Crippen LogP contribution in [0.4, 0.5) is 0 Å². The first-order valence-corrected chi connectivity index (χ1v) is 6.01. The summed E-state index contributed by atoms with van der Waals surface area (Å²) in [5.74, 6) is 0.666. The van der Waals surface area contributed by atoms with E-state index in [-0.39, 0.29) is 0 Å². The van der Waals surface area contributed by atoms with Crippen LogP contribution in [0.3, 0.4) is 0 Å². The third-order valence-electron chi connectivity index (χ3n) is 2.79. The lowest BCUT2D eigenvalue weighted by Crippen LogP contribution is -2.05. The molecule has 0 aliphatic carbocycles. The van der Waals surface area contributed by atoms with Gasteiger partial charge in [0.1, 0.15) is 0 Å². The summed E-state index contributed by atoms with van der Waals surface area (Å²) in [6.45, 7) is 5.01. The van der Waals surface area contributed by atoms with Crippen molar-refractivity contribution in [3.63, 3.8) is 0 Å². The van der Waals surface area contributed by atoms with E-state index in [1.165, 1.54) is 11.1 Å². The molecule has 0 saturated carbocycles. The number of nitrogens with two attached hydrogens (primary N) is 1. The minimum atomic E-state index is 0.555. The van der Waals surface area contributed by atoms with E-state index in [1.54, 1.807) is 12.5 Å². The second-order valence-electron chi connectivity index (χ2n) is 4.74. The van der Waals surface area contributed by atoms with E-state index >= 15 is 0 Å². The molecule has 17 heavy (non-hydrogen) atoms. The summed E-state index contributed by atoms with van der Waals surface area (Å²) >= 11 is 0. The fourth-order valence-electron chi connectivity index (χ4n) is 2.05. The van der Waals surface area contributed by atoms with Crippen LogP contribution in [0.25, 0.3) is 5.69 Å². The van der Waals surface area contributed by atoms with Crippen LogP contribution in [0.5, 0.6) is 0 Å². The van der Waals surface area contributed by atoms with E-state index < -0.39 is 0 Å². The van der Waals surface area contributed by atoms with Crippen LogP contribution >= 0.6 is 0 Å². The average molecular weight is 229 g/mol. The van der Waals surface area contributed by atoms with E-state index in [4.69, 9.17) is 5.73 Å². The highest BCUT2D eigenvalue weighted by atomic mass is 15.0. The lowest BCUT2D eigenvalue weighted by atomic mass is 10.00. The predicted molar refractivity (Wildman–Crippen MR) is 70.0 cm³/mol. The van der Waals surface area contributed by atoms with E-state index in [2.05, 4.69) is 37.0 Å². The molecule has 0 spiro atoms. The Hall–Kier alpha value is -1.61. The Bertz CT molecular complexity index is 472. The van der Waals surface area contributed by atoms with Gasteiger partial charge in [-0.1, -0.05) is 26.0 Å². The molecule has 0 unspecified atom stereocenters. The van der Waals surface area contributed by atoms with Crippen LogP contribution in [-0.2, 0) is 13.0 Å². The molecule has 1 heterocycles. The Kier molecular flexibility index (Phi) is 3.59. The Balaban J connectivity index is 2.35. The van der Waals surface area contributed by atoms with Gasteiger partial charge in [0.05, 0.1) is 12.0 Å². The van der Waals surface area contributed by atoms with E-state index in [0.29, 0.717) is 12.5 Å². The number of rotatable bonds is 4. The van der Waals surface area contributed by atoms with Crippen molar-refractivity contribution >= 4 is 0 Å². The SMILES string of the molecule is CC(C)Cc1ccc(-n2ccnc2)c(CN)c1. The molecule has 2 N–H and O–H groups in total. The maximum atomic E-state index is 5.82. The number of hydrogen-bond donors (Lipinski definition) is 1. The van der Waals surface area contributed by atoms with Gasteiger partial charge in [0.25, 0.3) is 0 Å². The number of aromatic nitrogens is 2. The molecule has 0 aliphatic heterocycles. The van der Waals surface area contributed by atoms with Crippen LogP contribution < -0.4 is 5.73 Å². The second-order valence-corrected chi connectivity index (χ2v) is 4.74. The number of nitrogens with zero attached hydrogens (tertiary/aromatic N) is 2. The van der Waals surface area contributed by atoms with Crippen LogP contribution in [-0.4, -0.2) is 9.55 Å². The van der Waals surface area contributed by atoms with E-state index in [0.717, 1.165) is 12.1 Å². The fourth-order valence-corrected chi connectivity index (χ4v) is 2.05. The van der Waals surface area contributed by atoms with E-state index in [1.807, 2.05) is 10.8 Å². The summed E-state index contributed by atoms with van der Waals surface area (Å²) in [4.78, 5) is 4.07. The van der Waals surface area contributed by atoms with Gasteiger partial charge >= 0.3 is 0 Å². The lowest BCUT2D eigenvalue weighted by Gasteiger charge is -2.12. The van der Waals surface area contributed by atoms with Crippen molar-refractivity contribution in [3.8, 4) is 5.69 Å². The standard InChI is InChI=1S/C14H19N3/c1-11(2)7-12-3-4-14(13(8-12)9-15)17-6-5-16-10-17/h3-6,8,10-11H,7,9,15H2,1-2H3. The molecule has 90 valence electrons. The molecule has 0 radical (unpaired) electrons. The molecule has 0 bridgehead atoms. The Morgan fingerprint density at radius 3 is 2.76 bits per heavy atom. The molecule has 0 fully saturated rings. The van der Waals surface area contributed by atoms with Crippen LogP contribution in [0.2, 0.25) is 0 Å². The zero-order valence-electron chi connectivity index (χ0n) is 10.4. The van der Waals surface area contributed by atoms with Gasteiger partial charge in [-0.3, -0.25) is 0 Å². The molecule has 1 aromatic carbocycles. The first-order chi connectivity index (χ1) is 8.20. The normalized spacial score (nSPS) is 11.1. The first-order valence-electron chi connectivity index (χ1n) is 6.01. The van der Waals surface area contributed by atoms with Gasteiger partial charge in [-0.25, -0.2) is 4.98 Å². The van der Waals surface area contributed by atoms with Gasteiger partial charge in [-0.15, -0.1) is 0 Å². The lowest BCUT2D eigenvalue weighted by molar-refractivity contribution is 0.646. The fraction of sp³-hybridized carbons (Fsp3) is 0.357. The monoisotopic (exact) mass is 229 g/mol. The third-order valence-corrected chi connectivity index (χ3v) is 2.79. The second kappa shape index (κ2) is 5.15. The van der Waals surface area contributed by atoms with Crippen LogP contribution in [0.15, 0.2) is 36.9 Å². The van der Waals surface area contributed by atoms with Crippen molar-refractivity contribution in [1.29, 1.82) is 0 Å². The Morgan fingerprint density at radius 1 is 1.35 bits per heavy atom. The summed E-state index contributed by atoms with van der Waals surface area (Å²) in [6.07, 6.45) is 6.62. The topological polar surface area (TPSA) is 43.8 Å². The molecule has 0 aliphatic rings. The number of imidazole rings is 1. The molecule has 0 saturated heterocycles. The molecule has 1 aromatic heterocycles. The van der Waals surface area contributed by atoms with Crippen molar-refractivity contribution in [2.75, 3.05) is 0 Å². The average Bonchev–Trinajstić information content (AvgIpc) is 2.81. The first kappa shape index (κ1) is 11.9. The van der Waals surface area contributed by atoms with Crippen molar-refractivity contribution in [2.24, 2.45) is 11.7 Å². The third kappa shape index (κ3) is 2.74.